The van der Waals surface area contributed by atoms with Gasteiger partial charge in [-0.05, 0) is 30.5 Å². The Kier molecular flexibility index (Phi) is 4.01. The molecule has 0 aliphatic carbocycles. The quantitative estimate of drug-likeness (QED) is 0.772. The number of ether oxygens (including phenoxy) is 1. The normalized spacial score (nSPS) is 20.8. The number of para-hydroxylation sites is 1. The van der Waals surface area contributed by atoms with Gasteiger partial charge in [-0.1, -0.05) is 42.5 Å². The molecule has 24 heavy (non-hydrogen) atoms. The fourth-order valence-electron chi connectivity index (χ4n) is 3.18. The van der Waals surface area contributed by atoms with Gasteiger partial charge in [0.15, 0.2) is 0 Å². The summed E-state index contributed by atoms with van der Waals surface area (Å²) in [5, 5.41) is 4.32. The molecule has 1 saturated heterocycles. The molecule has 3 N–H and O–H groups in total. The zero-order chi connectivity index (χ0) is 16.4. The Bertz CT molecular complexity index is 837. The summed E-state index contributed by atoms with van der Waals surface area (Å²) in [4.78, 5) is 8.99. The predicted octanol–water partition coefficient (Wildman–Crippen LogP) is 3.54. The van der Waals surface area contributed by atoms with Gasteiger partial charge in [-0.15, -0.1) is 0 Å². The molecule has 5 heteroatoms. The van der Waals surface area contributed by atoms with Crippen molar-refractivity contribution in [2.45, 2.75) is 25.0 Å². The summed E-state index contributed by atoms with van der Waals surface area (Å²) in [5.74, 6) is 1.10. The molecule has 4 rings (SSSR count). The number of nitrogens with one attached hydrogen (secondary N) is 1. The first kappa shape index (κ1) is 14.9. The van der Waals surface area contributed by atoms with Crippen molar-refractivity contribution in [3.05, 3.63) is 60.2 Å². The van der Waals surface area contributed by atoms with Gasteiger partial charge in [0.2, 0.25) is 5.95 Å². The Balaban J connectivity index is 1.53. The highest BCUT2D eigenvalue weighted by atomic mass is 16.5. The number of nitrogens with zero attached hydrogens (tertiary/aromatic N) is 2. The van der Waals surface area contributed by atoms with E-state index in [1.165, 1.54) is 5.56 Å². The lowest BCUT2D eigenvalue weighted by Crippen LogP contribution is -2.30. The average molecular weight is 320 g/mol. The molecule has 122 valence electrons. The van der Waals surface area contributed by atoms with Crippen LogP contribution < -0.4 is 11.1 Å². The van der Waals surface area contributed by atoms with Gasteiger partial charge in [0.1, 0.15) is 5.82 Å². The van der Waals surface area contributed by atoms with Gasteiger partial charge < -0.3 is 15.8 Å². The van der Waals surface area contributed by atoms with Gasteiger partial charge in [0.05, 0.1) is 11.6 Å². The molecule has 1 aliphatic heterocycles. The third kappa shape index (κ3) is 3.03. The van der Waals surface area contributed by atoms with Crippen LogP contribution in [-0.2, 0) is 4.74 Å². The van der Waals surface area contributed by atoms with Crippen LogP contribution in [0.3, 0.4) is 0 Å². The lowest BCUT2D eigenvalue weighted by molar-refractivity contribution is 0.00970. The van der Waals surface area contributed by atoms with Crippen molar-refractivity contribution >= 4 is 22.7 Å². The Labute approximate surface area is 140 Å². The van der Waals surface area contributed by atoms with E-state index in [0.717, 1.165) is 30.4 Å². The molecule has 0 saturated carbocycles. The number of rotatable bonds is 3. The summed E-state index contributed by atoms with van der Waals surface area (Å²) >= 11 is 0. The van der Waals surface area contributed by atoms with Crippen molar-refractivity contribution in [1.82, 2.24) is 9.97 Å². The first-order chi connectivity index (χ1) is 11.8. The van der Waals surface area contributed by atoms with Crippen molar-refractivity contribution in [1.29, 1.82) is 0 Å². The van der Waals surface area contributed by atoms with E-state index in [1.807, 2.05) is 42.5 Å². The molecule has 2 aromatic carbocycles. The zero-order valence-electron chi connectivity index (χ0n) is 13.4. The maximum atomic E-state index is 6.06. The van der Waals surface area contributed by atoms with Crippen LogP contribution in [0, 0.1) is 0 Å². The first-order valence-electron chi connectivity index (χ1n) is 8.25. The number of aromatic nitrogens is 2. The van der Waals surface area contributed by atoms with Crippen LogP contribution in [-0.4, -0.2) is 22.6 Å². The maximum Gasteiger partial charge on any atom is 0.225 e. The Morgan fingerprint density at radius 2 is 1.79 bits per heavy atom. The Morgan fingerprint density at radius 1 is 1.00 bits per heavy atom. The minimum Gasteiger partial charge on any atom is -0.383 e. The number of benzene rings is 2. The van der Waals surface area contributed by atoms with Crippen LogP contribution in [0.5, 0.6) is 0 Å². The fourth-order valence-corrected chi connectivity index (χ4v) is 3.18. The van der Waals surface area contributed by atoms with Crippen molar-refractivity contribution in [3.8, 4) is 0 Å². The third-order valence-corrected chi connectivity index (χ3v) is 4.42. The van der Waals surface area contributed by atoms with Crippen molar-refractivity contribution in [2.24, 2.45) is 0 Å². The molecular weight excluding hydrogens is 300 g/mol. The number of anilines is 2. The van der Waals surface area contributed by atoms with E-state index in [2.05, 4.69) is 27.4 Å². The van der Waals surface area contributed by atoms with Crippen LogP contribution >= 0.6 is 0 Å². The number of nitrogens with two attached hydrogens (primary N) is 1. The minimum absolute atomic E-state index is 0.107. The van der Waals surface area contributed by atoms with E-state index in [4.69, 9.17) is 10.5 Å². The van der Waals surface area contributed by atoms with Gasteiger partial charge in [0, 0.05) is 18.0 Å². The lowest BCUT2D eigenvalue weighted by atomic mass is 9.97. The number of hydrogen-bond acceptors (Lipinski definition) is 5. The van der Waals surface area contributed by atoms with Crippen LogP contribution in [0.1, 0.15) is 24.5 Å². The molecule has 1 aromatic heterocycles. The second-order valence-electron chi connectivity index (χ2n) is 6.09. The summed E-state index contributed by atoms with van der Waals surface area (Å²) < 4.78 is 5.92. The molecule has 1 fully saturated rings. The Hall–Kier alpha value is -2.66. The molecule has 2 heterocycles. The largest absolute Gasteiger partial charge is 0.383 e. The second kappa shape index (κ2) is 6.45. The van der Waals surface area contributed by atoms with Gasteiger partial charge in [-0.2, -0.15) is 4.98 Å². The average Bonchev–Trinajstić information content (AvgIpc) is 2.63. The van der Waals surface area contributed by atoms with Crippen LogP contribution in [0.4, 0.5) is 11.8 Å². The van der Waals surface area contributed by atoms with Crippen LogP contribution in [0.2, 0.25) is 0 Å². The van der Waals surface area contributed by atoms with E-state index in [9.17, 15) is 0 Å². The molecule has 5 nitrogen and oxygen atoms in total. The fraction of sp³-hybridized carbons (Fsp3) is 0.263. The van der Waals surface area contributed by atoms with E-state index >= 15 is 0 Å². The molecule has 2 atom stereocenters. The minimum atomic E-state index is 0.107. The van der Waals surface area contributed by atoms with Crippen LogP contribution in [0.15, 0.2) is 54.6 Å². The smallest absolute Gasteiger partial charge is 0.225 e. The summed E-state index contributed by atoms with van der Waals surface area (Å²) in [6.07, 6.45) is 1.93. The lowest BCUT2D eigenvalue weighted by Gasteiger charge is -2.30. The van der Waals surface area contributed by atoms with E-state index < -0.39 is 0 Å². The standard InChI is InChI=1S/C19H20N4O/c20-18-15-8-4-5-9-16(15)22-19(23-18)21-14-10-11-24-17(12-14)13-6-2-1-3-7-13/h1-9,14,17H,10-12H2,(H3,20,21,22,23). The van der Waals surface area contributed by atoms with E-state index in [-0.39, 0.29) is 12.1 Å². The SMILES string of the molecule is Nc1nc(NC2CCOC(c3ccccc3)C2)nc2ccccc12. The summed E-state index contributed by atoms with van der Waals surface area (Å²) in [6, 6.07) is 18.4. The highest BCUT2D eigenvalue weighted by Crippen LogP contribution is 2.29. The molecule has 2 unspecified atom stereocenters. The molecule has 3 aromatic rings. The van der Waals surface area contributed by atoms with Gasteiger partial charge in [-0.25, -0.2) is 4.98 Å². The van der Waals surface area contributed by atoms with Crippen molar-refractivity contribution in [2.75, 3.05) is 17.7 Å². The number of hydrogen-bond donors (Lipinski definition) is 2. The van der Waals surface area contributed by atoms with Crippen molar-refractivity contribution < 1.29 is 4.74 Å². The number of nitrogen functional groups attached to an aromatic ring is 1. The van der Waals surface area contributed by atoms with Gasteiger partial charge >= 0.3 is 0 Å². The van der Waals surface area contributed by atoms with E-state index in [1.54, 1.807) is 0 Å². The summed E-state index contributed by atoms with van der Waals surface area (Å²) in [5.41, 5.74) is 8.14. The topological polar surface area (TPSA) is 73.1 Å². The zero-order valence-corrected chi connectivity index (χ0v) is 13.4. The molecule has 0 bridgehead atoms. The monoisotopic (exact) mass is 320 g/mol. The summed E-state index contributed by atoms with van der Waals surface area (Å²) in [7, 11) is 0. The number of fused-ring (bicyclic) bond motifs is 1. The predicted molar refractivity (Wildman–Crippen MR) is 95.7 cm³/mol. The van der Waals surface area contributed by atoms with Gasteiger partial charge in [0.25, 0.3) is 0 Å². The van der Waals surface area contributed by atoms with Crippen LogP contribution in [0.25, 0.3) is 10.9 Å². The summed E-state index contributed by atoms with van der Waals surface area (Å²) in [6.45, 7) is 0.723. The molecule has 0 radical (unpaired) electrons. The Morgan fingerprint density at radius 3 is 2.67 bits per heavy atom. The van der Waals surface area contributed by atoms with Crippen molar-refractivity contribution in [3.63, 3.8) is 0 Å². The molecule has 1 aliphatic rings. The van der Waals surface area contributed by atoms with Gasteiger partial charge in [-0.3, -0.25) is 0 Å². The highest BCUT2D eigenvalue weighted by Gasteiger charge is 2.24. The van der Waals surface area contributed by atoms with E-state index in [0.29, 0.717) is 11.8 Å². The second-order valence-corrected chi connectivity index (χ2v) is 6.09. The third-order valence-electron chi connectivity index (χ3n) is 4.42. The first-order valence-corrected chi connectivity index (χ1v) is 8.25. The molecule has 0 spiro atoms. The highest BCUT2D eigenvalue weighted by molar-refractivity contribution is 5.88. The maximum absolute atomic E-state index is 6.06. The molecule has 0 amide bonds. The molecular formula is C19H20N4O.